The fourth-order valence-corrected chi connectivity index (χ4v) is 1.61. The highest BCUT2D eigenvalue weighted by Gasteiger charge is 2.13. The van der Waals surface area contributed by atoms with Crippen molar-refractivity contribution in [3.05, 3.63) is 29.3 Å². The molecule has 0 fully saturated rings. The van der Waals surface area contributed by atoms with Gasteiger partial charge >= 0.3 is 5.97 Å². The molecule has 1 unspecified atom stereocenters. The molecular weight excluding hydrogens is 286 g/mol. The molecule has 0 saturated carbocycles. The van der Waals surface area contributed by atoms with E-state index in [-0.39, 0.29) is 25.5 Å². The van der Waals surface area contributed by atoms with E-state index in [1.165, 1.54) is 7.11 Å². The van der Waals surface area contributed by atoms with Crippen molar-refractivity contribution >= 4 is 23.5 Å². The van der Waals surface area contributed by atoms with Crippen molar-refractivity contribution < 1.29 is 24.2 Å². The number of hydrogen-bond donors (Lipinski definition) is 2. The van der Waals surface area contributed by atoms with Gasteiger partial charge in [-0.3, -0.25) is 9.59 Å². The molecule has 0 aromatic heterocycles. The summed E-state index contributed by atoms with van der Waals surface area (Å²) in [6, 6.07) is 6.80. The highest BCUT2D eigenvalue weighted by Crippen LogP contribution is 2.22. The van der Waals surface area contributed by atoms with Crippen LogP contribution in [0.5, 0.6) is 5.75 Å². The first-order valence-corrected chi connectivity index (χ1v) is 6.29. The molecule has 0 spiro atoms. The number of carbonyl (C=O) groups is 2. The first-order chi connectivity index (χ1) is 9.52. The molecule has 110 valence electrons. The molecule has 2 N–H and O–H groups in total. The summed E-state index contributed by atoms with van der Waals surface area (Å²) in [4.78, 5) is 22.1. The van der Waals surface area contributed by atoms with Crippen LogP contribution in [0.1, 0.15) is 6.42 Å². The third-order valence-corrected chi connectivity index (χ3v) is 2.77. The van der Waals surface area contributed by atoms with E-state index in [1.54, 1.807) is 24.3 Å². The Labute approximate surface area is 121 Å². The quantitative estimate of drug-likeness (QED) is 0.756. The van der Waals surface area contributed by atoms with Crippen LogP contribution in [-0.4, -0.2) is 43.3 Å². The van der Waals surface area contributed by atoms with Gasteiger partial charge in [0.25, 0.3) is 5.91 Å². The van der Waals surface area contributed by atoms with E-state index in [0.717, 1.165) is 0 Å². The molecule has 0 aliphatic carbocycles. The molecule has 0 bridgehead atoms. The van der Waals surface area contributed by atoms with Crippen molar-refractivity contribution in [1.29, 1.82) is 0 Å². The largest absolute Gasteiger partial charge is 0.482 e. The van der Waals surface area contributed by atoms with E-state index < -0.39 is 12.1 Å². The maximum absolute atomic E-state index is 11.6. The number of rotatable bonds is 8. The number of nitrogens with one attached hydrogen (secondary N) is 1. The zero-order valence-corrected chi connectivity index (χ0v) is 11.7. The van der Waals surface area contributed by atoms with Crippen molar-refractivity contribution in [2.75, 3.05) is 20.3 Å². The van der Waals surface area contributed by atoms with Gasteiger partial charge in [0.05, 0.1) is 17.5 Å². The Hall–Kier alpha value is -1.79. The van der Waals surface area contributed by atoms with Gasteiger partial charge in [0, 0.05) is 13.7 Å². The number of para-hydroxylation sites is 1. The number of carboxylic acid groups (broad SMARTS) is 1. The van der Waals surface area contributed by atoms with Crippen LogP contribution >= 0.6 is 11.6 Å². The molecule has 0 heterocycles. The summed E-state index contributed by atoms with van der Waals surface area (Å²) in [6.07, 6.45) is -0.751. The molecular formula is C13H16ClNO5. The van der Waals surface area contributed by atoms with Gasteiger partial charge < -0.3 is 19.9 Å². The first-order valence-electron chi connectivity index (χ1n) is 5.91. The standard InChI is InChI=1S/C13H16ClNO5/c1-19-9(6-13(17)18)7-15-12(16)8-20-11-5-3-2-4-10(11)14/h2-5,9H,6-8H2,1H3,(H,15,16)(H,17,18). The number of carbonyl (C=O) groups excluding carboxylic acids is 1. The Balaban J connectivity index is 2.33. The van der Waals surface area contributed by atoms with Gasteiger partial charge in [-0.15, -0.1) is 0 Å². The SMILES string of the molecule is COC(CNC(=O)COc1ccccc1Cl)CC(=O)O. The molecule has 1 amide bonds. The Kier molecular flexibility index (Phi) is 6.83. The molecule has 7 heteroatoms. The summed E-state index contributed by atoms with van der Waals surface area (Å²) in [5.74, 6) is -0.950. The maximum Gasteiger partial charge on any atom is 0.306 e. The Morgan fingerprint density at radius 2 is 2.10 bits per heavy atom. The van der Waals surface area contributed by atoms with Gasteiger partial charge in [-0.1, -0.05) is 23.7 Å². The van der Waals surface area contributed by atoms with Gasteiger partial charge in [0.1, 0.15) is 5.75 Å². The van der Waals surface area contributed by atoms with Crippen molar-refractivity contribution in [2.45, 2.75) is 12.5 Å². The van der Waals surface area contributed by atoms with E-state index in [2.05, 4.69) is 5.32 Å². The van der Waals surface area contributed by atoms with Gasteiger partial charge in [0.2, 0.25) is 0 Å². The van der Waals surface area contributed by atoms with E-state index in [4.69, 9.17) is 26.2 Å². The van der Waals surface area contributed by atoms with Crippen LogP contribution in [0.25, 0.3) is 0 Å². The van der Waals surface area contributed by atoms with Crippen LogP contribution in [0, 0.1) is 0 Å². The van der Waals surface area contributed by atoms with Crippen molar-refractivity contribution in [3.8, 4) is 5.75 Å². The van der Waals surface area contributed by atoms with E-state index >= 15 is 0 Å². The Morgan fingerprint density at radius 1 is 1.40 bits per heavy atom. The lowest BCUT2D eigenvalue weighted by atomic mass is 10.2. The number of carboxylic acids is 1. The monoisotopic (exact) mass is 301 g/mol. The number of amides is 1. The van der Waals surface area contributed by atoms with Crippen LogP contribution in [0.2, 0.25) is 5.02 Å². The van der Waals surface area contributed by atoms with Gasteiger partial charge in [0.15, 0.2) is 6.61 Å². The predicted molar refractivity (Wildman–Crippen MR) is 73.0 cm³/mol. The summed E-state index contributed by atoms with van der Waals surface area (Å²) in [7, 11) is 1.39. The number of hydrogen-bond acceptors (Lipinski definition) is 4. The summed E-state index contributed by atoms with van der Waals surface area (Å²) < 4.78 is 10.2. The highest BCUT2D eigenvalue weighted by atomic mass is 35.5. The number of ether oxygens (including phenoxy) is 2. The van der Waals surface area contributed by atoms with Crippen LogP contribution in [0.15, 0.2) is 24.3 Å². The predicted octanol–water partition coefficient (Wildman–Crippen LogP) is 1.32. The van der Waals surface area contributed by atoms with E-state index in [1.807, 2.05) is 0 Å². The summed E-state index contributed by atoms with van der Waals surface area (Å²) >= 11 is 5.87. The minimum atomic E-state index is -0.988. The van der Waals surface area contributed by atoms with E-state index in [9.17, 15) is 9.59 Å². The van der Waals surface area contributed by atoms with Crippen molar-refractivity contribution in [1.82, 2.24) is 5.32 Å². The zero-order chi connectivity index (χ0) is 15.0. The average Bonchev–Trinajstić information content (AvgIpc) is 2.42. The number of methoxy groups -OCH3 is 1. The molecule has 0 aliphatic rings. The second-order valence-corrected chi connectivity index (χ2v) is 4.39. The van der Waals surface area contributed by atoms with Gasteiger partial charge in [-0.25, -0.2) is 0 Å². The molecule has 0 aliphatic heterocycles. The van der Waals surface area contributed by atoms with Crippen LogP contribution < -0.4 is 10.1 Å². The lowest BCUT2D eigenvalue weighted by molar-refractivity contribution is -0.140. The summed E-state index contributed by atoms with van der Waals surface area (Å²) in [6.45, 7) is -0.0965. The molecule has 1 atom stereocenters. The fourth-order valence-electron chi connectivity index (χ4n) is 1.42. The number of aliphatic carboxylic acids is 1. The van der Waals surface area contributed by atoms with Crippen LogP contribution in [-0.2, 0) is 14.3 Å². The lowest BCUT2D eigenvalue weighted by Crippen LogP contribution is -2.37. The average molecular weight is 302 g/mol. The van der Waals surface area contributed by atoms with E-state index in [0.29, 0.717) is 10.8 Å². The van der Waals surface area contributed by atoms with Crippen LogP contribution in [0.4, 0.5) is 0 Å². The van der Waals surface area contributed by atoms with Gasteiger partial charge in [-0.05, 0) is 12.1 Å². The molecule has 1 aromatic rings. The van der Waals surface area contributed by atoms with Crippen molar-refractivity contribution in [3.63, 3.8) is 0 Å². The number of halogens is 1. The summed E-state index contributed by atoms with van der Waals surface area (Å²) in [5, 5.41) is 11.6. The fraction of sp³-hybridized carbons (Fsp3) is 0.385. The Morgan fingerprint density at radius 3 is 2.70 bits per heavy atom. The number of benzene rings is 1. The molecule has 20 heavy (non-hydrogen) atoms. The third-order valence-electron chi connectivity index (χ3n) is 2.46. The van der Waals surface area contributed by atoms with Crippen molar-refractivity contribution in [2.24, 2.45) is 0 Å². The highest BCUT2D eigenvalue weighted by molar-refractivity contribution is 6.32. The first kappa shape index (κ1) is 16.3. The molecule has 1 rings (SSSR count). The second-order valence-electron chi connectivity index (χ2n) is 3.98. The maximum atomic E-state index is 11.6. The molecule has 0 saturated heterocycles. The molecule has 6 nitrogen and oxygen atoms in total. The van der Waals surface area contributed by atoms with Crippen LogP contribution in [0.3, 0.4) is 0 Å². The third kappa shape index (κ3) is 5.90. The molecule has 0 radical (unpaired) electrons. The minimum Gasteiger partial charge on any atom is -0.482 e. The lowest BCUT2D eigenvalue weighted by Gasteiger charge is -2.14. The topological polar surface area (TPSA) is 84.9 Å². The summed E-state index contributed by atoms with van der Waals surface area (Å²) in [5.41, 5.74) is 0. The minimum absolute atomic E-state index is 0.105. The second kappa shape index (κ2) is 8.39. The Bertz CT molecular complexity index is 466. The zero-order valence-electron chi connectivity index (χ0n) is 11.0. The normalized spacial score (nSPS) is 11.7. The van der Waals surface area contributed by atoms with Gasteiger partial charge in [-0.2, -0.15) is 0 Å². The smallest absolute Gasteiger partial charge is 0.306 e. The molecule has 1 aromatic carbocycles.